The molecular weight excluding hydrogens is 288 g/mol. The van der Waals surface area contributed by atoms with E-state index >= 15 is 0 Å². The lowest BCUT2D eigenvalue weighted by molar-refractivity contribution is -0.123. The third-order valence-electron chi connectivity index (χ3n) is 5.20. The highest BCUT2D eigenvalue weighted by Crippen LogP contribution is 2.58. The van der Waals surface area contributed by atoms with E-state index in [4.69, 9.17) is 0 Å². The summed E-state index contributed by atoms with van der Waals surface area (Å²) in [4.78, 5) is 12.4. The second kappa shape index (κ2) is 5.97. The molecule has 118 valence electrons. The molecule has 0 radical (unpaired) electrons. The van der Waals surface area contributed by atoms with Crippen molar-refractivity contribution in [3.63, 3.8) is 0 Å². The SMILES string of the molecule is Cc1c(C(C)NC(=O)C2CC23CCNCC3)cnn1C.Cl. The molecule has 2 fully saturated rings. The third kappa shape index (κ3) is 2.94. The molecule has 0 aromatic carbocycles. The molecule has 6 heteroatoms. The number of carbonyl (C=O) groups excluding carboxylic acids is 1. The van der Waals surface area contributed by atoms with Crippen molar-refractivity contribution in [3.05, 3.63) is 17.5 Å². The molecule has 1 spiro atoms. The molecule has 2 aliphatic rings. The Bertz CT molecular complexity index is 522. The van der Waals surface area contributed by atoms with Gasteiger partial charge in [-0.05, 0) is 51.6 Å². The maximum Gasteiger partial charge on any atom is 0.224 e. The average molecular weight is 313 g/mol. The monoisotopic (exact) mass is 312 g/mol. The first-order valence-corrected chi connectivity index (χ1v) is 7.53. The van der Waals surface area contributed by atoms with Gasteiger partial charge in [-0.2, -0.15) is 5.10 Å². The van der Waals surface area contributed by atoms with E-state index in [0.29, 0.717) is 5.41 Å². The lowest BCUT2D eigenvalue weighted by atomic mass is 9.91. The first-order chi connectivity index (χ1) is 9.53. The minimum absolute atomic E-state index is 0. The maximum absolute atomic E-state index is 12.4. The number of hydrogen-bond acceptors (Lipinski definition) is 3. The molecule has 1 aromatic rings. The molecule has 1 saturated heterocycles. The second-order valence-electron chi connectivity index (χ2n) is 6.41. The lowest BCUT2D eigenvalue weighted by Crippen LogP contribution is -2.34. The van der Waals surface area contributed by atoms with E-state index in [1.165, 1.54) is 0 Å². The fourth-order valence-corrected chi connectivity index (χ4v) is 3.53. The number of rotatable bonds is 3. The Morgan fingerprint density at radius 1 is 1.52 bits per heavy atom. The molecule has 21 heavy (non-hydrogen) atoms. The average Bonchev–Trinajstić information content (AvgIpc) is 3.01. The van der Waals surface area contributed by atoms with E-state index in [2.05, 4.69) is 15.7 Å². The highest BCUT2D eigenvalue weighted by Gasteiger charge is 2.57. The molecule has 1 aliphatic carbocycles. The van der Waals surface area contributed by atoms with Crippen molar-refractivity contribution in [1.29, 1.82) is 0 Å². The normalized spacial score (nSPS) is 24.2. The van der Waals surface area contributed by atoms with E-state index in [1.54, 1.807) is 0 Å². The van der Waals surface area contributed by atoms with Gasteiger partial charge in [-0.1, -0.05) is 0 Å². The number of aromatic nitrogens is 2. The molecule has 2 N–H and O–H groups in total. The van der Waals surface area contributed by atoms with Gasteiger partial charge >= 0.3 is 0 Å². The fourth-order valence-electron chi connectivity index (χ4n) is 3.53. The Balaban J connectivity index is 0.00000161. The Labute approximate surface area is 132 Å². The summed E-state index contributed by atoms with van der Waals surface area (Å²) in [5.74, 6) is 0.451. The van der Waals surface area contributed by atoms with Gasteiger partial charge in [0.15, 0.2) is 0 Å². The van der Waals surface area contributed by atoms with Crippen LogP contribution in [-0.4, -0.2) is 28.8 Å². The van der Waals surface area contributed by atoms with Gasteiger partial charge in [0.25, 0.3) is 0 Å². The van der Waals surface area contributed by atoms with Crippen molar-refractivity contribution in [2.75, 3.05) is 13.1 Å². The van der Waals surface area contributed by atoms with Gasteiger partial charge in [0.05, 0.1) is 12.2 Å². The zero-order valence-corrected chi connectivity index (χ0v) is 13.8. The van der Waals surface area contributed by atoms with Crippen LogP contribution in [0.15, 0.2) is 6.20 Å². The molecule has 2 atom stereocenters. The Morgan fingerprint density at radius 2 is 2.19 bits per heavy atom. The number of nitrogens with one attached hydrogen (secondary N) is 2. The van der Waals surface area contributed by atoms with Gasteiger partial charge in [0, 0.05) is 24.2 Å². The predicted octanol–water partition coefficient (Wildman–Crippen LogP) is 1.72. The summed E-state index contributed by atoms with van der Waals surface area (Å²) in [6, 6.07) is 0.0376. The molecule has 2 heterocycles. The van der Waals surface area contributed by atoms with E-state index in [0.717, 1.165) is 43.6 Å². The third-order valence-corrected chi connectivity index (χ3v) is 5.20. The van der Waals surface area contributed by atoms with Crippen LogP contribution in [0.1, 0.15) is 43.5 Å². The number of halogens is 1. The van der Waals surface area contributed by atoms with Crippen molar-refractivity contribution in [1.82, 2.24) is 20.4 Å². The van der Waals surface area contributed by atoms with Gasteiger partial charge in [-0.15, -0.1) is 12.4 Å². The first kappa shape index (κ1) is 16.3. The lowest BCUT2D eigenvalue weighted by Gasteiger charge is -2.23. The fraction of sp³-hybridized carbons (Fsp3) is 0.733. The minimum Gasteiger partial charge on any atom is -0.349 e. The van der Waals surface area contributed by atoms with Crippen LogP contribution in [0.4, 0.5) is 0 Å². The molecule has 1 saturated carbocycles. The maximum atomic E-state index is 12.4. The first-order valence-electron chi connectivity index (χ1n) is 7.53. The highest BCUT2D eigenvalue weighted by molar-refractivity contribution is 5.85. The second-order valence-corrected chi connectivity index (χ2v) is 6.41. The van der Waals surface area contributed by atoms with E-state index in [-0.39, 0.29) is 30.3 Å². The number of amides is 1. The molecule has 5 nitrogen and oxygen atoms in total. The van der Waals surface area contributed by atoms with E-state index < -0.39 is 0 Å². The topological polar surface area (TPSA) is 59.0 Å². The zero-order valence-electron chi connectivity index (χ0n) is 13.0. The molecule has 1 aromatic heterocycles. The summed E-state index contributed by atoms with van der Waals surface area (Å²) in [6.07, 6.45) is 5.21. The molecular formula is C15H25ClN4O. The zero-order chi connectivity index (χ0) is 14.3. The number of nitrogens with zero attached hydrogens (tertiary/aromatic N) is 2. The van der Waals surface area contributed by atoms with Crippen LogP contribution in [0, 0.1) is 18.3 Å². The van der Waals surface area contributed by atoms with Crippen LogP contribution in [0.2, 0.25) is 0 Å². The van der Waals surface area contributed by atoms with Crippen molar-refractivity contribution in [3.8, 4) is 0 Å². The van der Waals surface area contributed by atoms with Crippen LogP contribution in [0.25, 0.3) is 0 Å². The van der Waals surface area contributed by atoms with E-state index in [9.17, 15) is 4.79 Å². The van der Waals surface area contributed by atoms with Gasteiger partial charge in [-0.25, -0.2) is 0 Å². The number of carbonyl (C=O) groups is 1. The molecule has 3 rings (SSSR count). The Kier molecular flexibility index (Phi) is 4.63. The van der Waals surface area contributed by atoms with Crippen LogP contribution < -0.4 is 10.6 Å². The summed E-state index contributed by atoms with van der Waals surface area (Å²) in [6.45, 7) is 6.19. The van der Waals surface area contributed by atoms with Crippen molar-refractivity contribution >= 4 is 18.3 Å². The number of piperidine rings is 1. The van der Waals surface area contributed by atoms with Crippen LogP contribution in [-0.2, 0) is 11.8 Å². The van der Waals surface area contributed by atoms with Crippen molar-refractivity contribution < 1.29 is 4.79 Å². The van der Waals surface area contributed by atoms with Gasteiger partial charge < -0.3 is 10.6 Å². The standard InChI is InChI=1S/C15H24N4O.ClH/c1-10(12-9-17-19(3)11(12)2)18-14(20)13-8-15(13)4-6-16-7-5-15;/h9-10,13,16H,4-8H2,1-3H3,(H,18,20);1H. The summed E-state index contributed by atoms with van der Waals surface area (Å²) >= 11 is 0. The molecule has 1 amide bonds. The Morgan fingerprint density at radius 3 is 2.76 bits per heavy atom. The summed E-state index contributed by atoms with van der Waals surface area (Å²) in [5.41, 5.74) is 2.53. The largest absolute Gasteiger partial charge is 0.349 e. The summed E-state index contributed by atoms with van der Waals surface area (Å²) < 4.78 is 1.85. The molecule has 0 bridgehead atoms. The van der Waals surface area contributed by atoms with Gasteiger partial charge in [0.2, 0.25) is 5.91 Å². The van der Waals surface area contributed by atoms with Gasteiger partial charge in [-0.3, -0.25) is 9.48 Å². The van der Waals surface area contributed by atoms with Crippen LogP contribution in [0.5, 0.6) is 0 Å². The predicted molar refractivity (Wildman–Crippen MR) is 84.4 cm³/mol. The van der Waals surface area contributed by atoms with Crippen LogP contribution in [0.3, 0.4) is 0 Å². The summed E-state index contributed by atoms with van der Waals surface area (Å²) in [7, 11) is 1.93. The molecule has 2 unspecified atom stereocenters. The number of aryl methyl sites for hydroxylation is 1. The number of hydrogen-bond donors (Lipinski definition) is 2. The highest BCUT2D eigenvalue weighted by atomic mass is 35.5. The minimum atomic E-state index is 0. The smallest absolute Gasteiger partial charge is 0.224 e. The van der Waals surface area contributed by atoms with Crippen molar-refractivity contribution in [2.45, 2.75) is 39.2 Å². The van der Waals surface area contributed by atoms with E-state index in [1.807, 2.05) is 31.8 Å². The quantitative estimate of drug-likeness (QED) is 0.893. The van der Waals surface area contributed by atoms with Gasteiger partial charge in [0.1, 0.15) is 0 Å². The van der Waals surface area contributed by atoms with Crippen LogP contribution >= 0.6 is 12.4 Å². The Hall–Kier alpha value is -1.07. The molecule has 1 aliphatic heterocycles. The van der Waals surface area contributed by atoms with Crippen molar-refractivity contribution in [2.24, 2.45) is 18.4 Å². The summed E-state index contributed by atoms with van der Waals surface area (Å²) in [5, 5.41) is 10.8.